The summed E-state index contributed by atoms with van der Waals surface area (Å²) in [5, 5.41) is 7.04. The molecule has 0 saturated heterocycles. The molecule has 5 atom stereocenters. The number of amides is 1. The summed E-state index contributed by atoms with van der Waals surface area (Å²) < 4.78 is 0. The number of hydrogen-bond donors (Lipinski definition) is 2. The highest BCUT2D eigenvalue weighted by atomic mass is 16.1. The van der Waals surface area contributed by atoms with Gasteiger partial charge < -0.3 is 10.6 Å². The van der Waals surface area contributed by atoms with E-state index in [4.69, 9.17) is 0 Å². The van der Waals surface area contributed by atoms with Crippen LogP contribution < -0.4 is 10.6 Å². The lowest BCUT2D eigenvalue weighted by Gasteiger charge is -2.43. The molecule has 1 aliphatic heterocycles. The summed E-state index contributed by atoms with van der Waals surface area (Å²) in [5.41, 5.74) is 7.81. The molecule has 3 aliphatic rings. The first kappa shape index (κ1) is 19.6. The second-order valence-electron chi connectivity index (χ2n) is 9.99. The number of para-hydroxylation sites is 1. The van der Waals surface area contributed by atoms with Crippen LogP contribution in [0.5, 0.6) is 0 Å². The Bertz CT molecular complexity index is 1160. The lowest BCUT2D eigenvalue weighted by atomic mass is 9.68. The summed E-state index contributed by atoms with van der Waals surface area (Å²) in [6, 6.07) is 23.7. The van der Waals surface area contributed by atoms with Gasteiger partial charge in [-0.1, -0.05) is 48.5 Å². The van der Waals surface area contributed by atoms with Gasteiger partial charge in [-0.2, -0.15) is 0 Å². The maximum absolute atomic E-state index is 13.2. The van der Waals surface area contributed by atoms with Gasteiger partial charge in [0.1, 0.15) is 0 Å². The summed E-state index contributed by atoms with van der Waals surface area (Å²) >= 11 is 0. The lowest BCUT2D eigenvalue weighted by Crippen LogP contribution is -2.35. The van der Waals surface area contributed by atoms with E-state index in [1.54, 1.807) is 0 Å². The molecule has 0 radical (unpaired) electrons. The standard InChI is InChI=1S/C29H30N2O/c1-17-7-6-8-18(2)27(17)31-29(32)22-13-14-24-23(16-22)25-20-11-12-21(15-20)26(25)28(30-24)19-9-4-3-5-10-19/h3-10,13-14,16,20-21,25-26,28,30H,11-12,15H2,1-2H3,(H,31,32)/t20-,21-,25-,26+,28+/m0/s1. The molecule has 2 bridgehead atoms. The number of rotatable bonds is 3. The van der Waals surface area contributed by atoms with Crippen LogP contribution in [0.4, 0.5) is 11.4 Å². The molecule has 2 fully saturated rings. The Morgan fingerprint density at radius 3 is 2.44 bits per heavy atom. The zero-order valence-electron chi connectivity index (χ0n) is 18.8. The zero-order valence-corrected chi connectivity index (χ0v) is 18.8. The van der Waals surface area contributed by atoms with Gasteiger partial charge in [-0.15, -0.1) is 0 Å². The van der Waals surface area contributed by atoms with Gasteiger partial charge in [0.2, 0.25) is 0 Å². The monoisotopic (exact) mass is 422 g/mol. The minimum Gasteiger partial charge on any atom is -0.378 e. The summed E-state index contributed by atoms with van der Waals surface area (Å²) in [4.78, 5) is 13.2. The molecule has 3 nitrogen and oxygen atoms in total. The van der Waals surface area contributed by atoms with Crippen LogP contribution >= 0.6 is 0 Å². The Morgan fingerprint density at radius 2 is 1.66 bits per heavy atom. The molecule has 32 heavy (non-hydrogen) atoms. The number of aryl methyl sites for hydroxylation is 2. The summed E-state index contributed by atoms with van der Waals surface area (Å²) in [6.45, 7) is 4.09. The van der Waals surface area contributed by atoms with Gasteiger partial charge in [-0.25, -0.2) is 0 Å². The number of hydrogen-bond acceptors (Lipinski definition) is 2. The predicted octanol–water partition coefficient (Wildman–Crippen LogP) is 6.85. The van der Waals surface area contributed by atoms with Crippen molar-refractivity contribution in [1.82, 2.24) is 0 Å². The highest BCUT2D eigenvalue weighted by molar-refractivity contribution is 6.05. The molecule has 0 unspecified atom stereocenters. The van der Waals surface area contributed by atoms with E-state index in [1.165, 1.54) is 36.1 Å². The maximum Gasteiger partial charge on any atom is 0.255 e. The van der Waals surface area contributed by atoms with E-state index in [9.17, 15) is 4.79 Å². The molecule has 1 heterocycles. The average molecular weight is 423 g/mol. The molecule has 3 aromatic carbocycles. The summed E-state index contributed by atoms with van der Waals surface area (Å²) in [5.74, 6) is 2.66. The Hall–Kier alpha value is -3.07. The Labute approximate surface area is 190 Å². The molecule has 0 spiro atoms. The van der Waals surface area contributed by atoms with Crippen LogP contribution in [0.2, 0.25) is 0 Å². The fraction of sp³-hybridized carbons (Fsp3) is 0.345. The Morgan fingerprint density at radius 1 is 0.906 bits per heavy atom. The third-order valence-corrected chi connectivity index (χ3v) is 8.23. The summed E-state index contributed by atoms with van der Waals surface area (Å²) in [7, 11) is 0. The van der Waals surface area contributed by atoms with Gasteiger partial charge in [0.15, 0.2) is 0 Å². The van der Waals surface area contributed by atoms with E-state index < -0.39 is 0 Å². The van der Waals surface area contributed by atoms with Crippen molar-refractivity contribution in [2.75, 3.05) is 10.6 Å². The van der Waals surface area contributed by atoms with Crippen molar-refractivity contribution in [3.05, 3.63) is 94.5 Å². The first-order valence-electron chi connectivity index (χ1n) is 11.9. The van der Waals surface area contributed by atoms with Crippen molar-refractivity contribution in [2.45, 2.75) is 45.1 Å². The van der Waals surface area contributed by atoms with E-state index in [1.807, 2.05) is 38.1 Å². The highest BCUT2D eigenvalue weighted by Crippen LogP contribution is 2.63. The Kier molecular flexibility index (Phi) is 4.60. The van der Waals surface area contributed by atoms with Crippen LogP contribution in [-0.4, -0.2) is 5.91 Å². The lowest BCUT2D eigenvalue weighted by molar-refractivity contribution is 0.102. The molecular formula is C29H30N2O. The van der Waals surface area contributed by atoms with Gasteiger partial charge in [0.05, 0.1) is 6.04 Å². The number of anilines is 2. The van der Waals surface area contributed by atoms with Crippen molar-refractivity contribution in [3.8, 4) is 0 Å². The predicted molar refractivity (Wildman–Crippen MR) is 130 cm³/mol. The molecule has 1 amide bonds. The van der Waals surface area contributed by atoms with Crippen LogP contribution in [0.15, 0.2) is 66.7 Å². The summed E-state index contributed by atoms with van der Waals surface area (Å²) in [6.07, 6.45) is 4.00. The topological polar surface area (TPSA) is 41.1 Å². The van der Waals surface area contributed by atoms with Crippen molar-refractivity contribution in [2.24, 2.45) is 17.8 Å². The fourth-order valence-electron chi connectivity index (χ4n) is 6.81. The second-order valence-corrected chi connectivity index (χ2v) is 9.99. The number of nitrogens with one attached hydrogen (secondary N) is 2. The van der Waals surface area contributed by atoms with Gasteiger partial charge in [-0.3, -0.25) is 4.79 Å². The highest BCUT2D eigenvalue weighted by Gasteiger charge is 2.53. The third kappa shape index (κ3) is 3.06. The largest absolute Gasteiger partial charge is 0.378 e. The van der Waals surface area contributed by atoms with Crippen LogP contribution in [0, 0.1) is 31.6 Å². The van der Waals surface area contributed by atoms with Crippen LogP contribution in [0.25, 0.3) is 0 Å². The number of benzene rings is 3. The first-order chi connectivity index (χ1) is 15.6. The molecular weight excluding hydrogens is 392 g/mol. The molecule has 3 heteroatoms. The molecule has 2 aliphatic carbocycles. The first-order valence-corrected chi connectivity index (χ1v) is 11.9. The molecule has 2 N–H and O–H groups in total. The normalized spacial score (nSPS) is 27.4. The SMILES string of the molecule is Cc1cccc(C)c1NC(=O)c1ccc2c(c1)[C@@H]1[C@H]3CC[C@@H](C3)[C@H]1[C@@H](c1ccccc1)N2. The van der Waals surface area contributed by atoms with E-state index in [0.717, 1.165) is 34.2 Å². The molecule has 2 saturated carbocycles. The van der Waals surface area contributed by atoms with Gasteiger partial charge in [0, 0.05) is 16.9 Å². The van der Waals surface area contributed by atoms with Crippen LogP contribution in [0.1, 0.15) is 63.8 Å². The van der Waals surface area contributed by atoms with E-state index in [2.05, 4.69) is 53.1 Å². The second kappa shape index (κ2) is 7.51. The van der Waals surface area contributed by atoms with Gasteiger partial charge in [-0.05, 0) is 97.2 Å². The number of carbonyl (C=O) groups excluding carboxylic acids is 1. The zero-order chi connectivity index (χ0) is 21.8. The van der Waals surface area contributed by atoms with Crippen molar-refractivity contribution in [3.63, 3.8) is 0 Å². The smallest absolute Gasteiger partial charge is 0.255 e. The average Bonchev–Trinajstić information content (AvgIpc) is 3.44. The molecule has 162 valence electrons. The fourth-order valence-corrected chi connectivity index (χ4v) is 6.81. The Balaban J connectivity index is 1.36. The van der Waals surface area contributed by atoms with Gasteiger partial charge in [0.25, 0.3) is 5.91 Å². The molecule has 3 aromatic rings. The van der Waals surface area contributed by atoms with Crippen molar-refractivity contribution >= 4 is 17.3 Å². The molecule has 0 aromatic heterocycles. The molecule has 6 rings (SSSR count). The van der Waals surface area contributed by atoms with E-state index in [-0.39, 0.29) is 5.91 Å². The van der Waals surface area contributed by atoms with Crippen LogP contribution in [0.3, 0.4) is 0 Å². The van der Waals surface area contributed by atoms with Crippen LogP contribution in [-0.2, 0) is 0 Å². The van der Waals surface area contributed by atoms with E-state index >= 15 is 0 Å². The maximum atomic E-state index is 13.2. The van der Waals surface area contributed by atoms with Crippen molar-refractivity contribution in [1.29, 1.82) is 0 Å². The quantitative estimate of drug-likeness (QED) is 0.484. The number of carbonyl (C=O) groups is 1. The van der Waals surface area contributed by atoms with Gasteiger partial charge >= 0.3 is 0 Å². The number of fused-ring (bicyclic) bond motifs is 7. The minimum atomic E-state index is -0.0184. The van der Waals surface area contributed by atoms with E-state index in [0.29, 0.717) is 17.9 Å². The third-order valence-electron chi connectivity index (χ3n) is 8.23. The van der Waals surface area contributed by atoms with Crippen molar-refractivity contribution < 1.29 is 4.79 Å². The minimum absolute atomic E-state index is 0.0184.